The topological polar surface area (TPSA) is 46.6 Å². The van der Waals surface area contributed by atoms with E-state index in [1.807, 2.05) is 24.3 Å². The Morgan fingerprint density at radius 3 is 2.61 bits per heavy atom. The lowest BCUT2D eigenvalue weighted by Crippen LogP contribution is -2.46. The molecule has 1 saturated heterocycles. The minimum Gasteiger partial charge on any atom is -0.373 e. The Morgan fingerprint density at radius 1 is 1.39 bits per heavy atom. The van der Waals surface area contributed by atoms with Crippen molar-refractivity contribution in [3.63, 3.8) is 0 Å². The molecule has 0 aromatic heterocycles. The second-order valence-electron chi connectivity index (χ2n) is 6.25. The van der Waals surface area contributed by atoms with E-state index in [0.29, 0.717) is 13.1 Å². The number of carbonyl (C=O) groups excluding carboxylic acids is 1. The average molecular weight is 335 g/mol. The van der Waals surface area contributed by atoms with Crippen molar-refractivity contribution < 1.29 is 13.7 Å². The lowest BCUT2D eigenvalue weighted by atomic mass is 9.95. The Balaban J connectivity index is 2.10. The van der Waals surface area contributed by atoms with E-state index in [1.165, 1.54) is 6.08 Å². The van der Waals surface area contributed by atoms with Gasteiger partial charge in [0.15, 0.2) is 0 Å². The molecule has 2 rings (SSSR count). The van der Waals surface area contributed by atoms with Gasteiger partial charge in [0.25, 0.3) is 0 Å². The SMILES string of the molecule is C=CC(=O)N(Cc1ccc(S(C)=O)cc1)CC1(C)CCCCO1. The molecule has 0 N–H and O–H groups in total. The van der Waals surface area contributed by atoms with E-state index in [0.717, 1.165) is 36.3 Å². The van der Waals surface area contributed by atoms with Gasteiger partial charge < -0.3 is 9.64 Å². The van der Waals surface area contributed by atoms with Gasteiger partial charge in [0.05, 0.1) is 12.1 Å². The number of amides is 1. The molecule has 0 radical (unpaired) electrons. The smallest absolute Gasteiger partial charge is 0.246 e. The normalized spacial score (nSPS) is 22.3. The first-order valence-electron chi connectivity index (χ1n) is 7.91. The van der Waals surface area contributed by atoms with Crippen LogP contribution in [0.15, 0.2) is 41.8 Å². The first-order valence-corrected chi connectivity index (χ1v) is 9.47. The molecule has 1 aliphatic rings. The van der Waals surface area contributed by atoms with Crippen LogP contribution in [0.4, 0.5) is 0 Å². The van der Waals surface area contributed by atoms with Gasteiger partial charge in [0.1, 0.15) is 0 Å². The lowest BCUT2D eigenvalue weighted by molar-refractivity contribution is -0.135. The van der Waals surface area contributed by atoms with Crippen LogP contribution in [0.5, 0.6) is 0 Å². The fourth-order valence-electron chi connectivity index (χ4n) is 2.87. The second-order valence-corrected chi connectivity index (χ2v) is 7.63. The zero-order valence-electron chi connectivity index (χ0n) is 13.9. The minimum absolute atomic E-state index is 0.0939. The van der Waals surface area contributed by atoms with Crippen LogP contribution in [0.1, 0.15) is 31.7 Å². The van der Waals surface area contributed by atoms with Crippen LogP contribution in [0.2, 0.25) is 0 Å². The van der Waals surface area contributed by atoms with Gasteiger partial charge in [-0.05, 0) is 50.0 Å². The molecule has 0 saturated carbocycles. The lowest BCUT2D eigenvalue weighted by Gasteiger charge is -2.38. The van der Waals surface area contributed by atoms with E-state index in [4.69, 9.17) is 4.74 Å². The summed E-state index contributed by atoms with van der Waals surface area (Å²) in [6.07, 6.45) is 6.18. The molecule has 1 aliphatic heterocycles. The van der Waals surface area contributed by atoms with Crippen LogP contribution >= 0.6 is 0 Å². The molecule has 0 spiro atoms. The molecular weight excluding hydrogens is 310 g/mol. The molecule has 0 aliphatic carbocycles. The number of hydrogen-bond acceptors (Lipinski definition) is 3. The summed E-state index contributed by atoms with van der Waals surface area (Å²) in [5.74, 6) is -0.0939. The molecule has 1 aromatic rings. The summed E-state index contributed by atoms with van der Waals surface area (Å²) in [6.45, 7) is 7.48. The molecular formula is C18H25NO3S. The Hall–Kier alpha value is -1.46. The fraction of sp³-hybridized carbons (Fsp3) is 0.500. The number of rotatable bonds is 6. The summed E-state index contributed by atoms with van der Waals surface area (Å²) in [4.78, 5) is 14.8. The monoisotopic (exact) mass is 335 g/mol. The summed E-state index contributed by atoms with van der Waals surface area (Å²) in [7, 11) is -0.989. The van der Waals surface area contributed by atoms with Gasteiger partial charge in [-0.2, -0.15) is 0 Å². The van der Waals surface area contributed by atoms with Gasteiger partial charge in [-0.25, -0.2) is 0 Å². The standard InChI is InChI=1S/C18H25NO3S/c1-4-17(20)19(14-18(2)11-5-6-12-22-18)13-15-7-9-16(10-8-15)23(3)21/h4,7-10H,1,5-6,11-14H2,2-3H3. The number of carbonyl (C=O) groups is 1. The Labute approximate surface area is 141 Å². The molecule has 1 aromatic carbocycles. The highest BCUT2D eigenvalue weighted by molar-refractivity contribution is 7.84. The highest BCUT2D eigenvalue weighted by Crippen LogP contribution is 2.26. The highest BCUT2D eigenvalue weighted by atomic mass is 32.2. The molecule has 1 fully saturated rings. The van der Waals surface area contributed by atoms with E-state index in [-0.39, 0.29) is 11.5 Å². The van der Waals surface area contributed by atoms with E-state index in [2.05, 4.69) is 13.5 Å². The van der Waals surface area contributed by atoms with Crippen LogP contribution < -0.4 is 0 Å². The second kappa shape index (κ2) is 7.88. The number of benzene rings is 1. The number of hydrogen-bond donors (Lipinski definition) is 0. The molecule has 4 nitrogen and oxygen atoms in total. The largest absolute Gasteiger partial charge is 0.373 e. The molecule has 5 heteroatoms. The first kappa shape index (κ1) is 17.9. The van der Waals surface area contributed by atoms with Crippen molar-refractivity contribution >= 4 is 16.7 Å². The average Bonchev–Trinajstić information content (AvgIpc) is 2.54. The quantitative estimate of drug-likeness (QED) is 0.751. The molecule has 2 unspecified atom stereocenters. The third-order valence-electron chi connectivity index (χ3n) is 4.19. The Morgan fingerprint density at radius 2 is 2.09 bits per heavy atom. The Bertz CT molecular complexity index is 576. The third-order valence-corrected chi connectivity index (χ3v) is 5.13. The summed E-state index contributed by atoms with van der Waals surface area (Å²) >= 11 is 0. The summed E-state index contributed by atoms with van der Waals surface area (Å²) in [5.41, 5.74) is 0.718. The predicted molar refractivity (Wildman–Crippen MR) is 92.6 cm³/mol. The first-order chi connectivity index (χ1) is 10.9. The van der Waals surface area contributed by atoms with Crippen LogP contribution in [0.25, 0.3) is 0 Å². The van der Waals surface area contributed by atoms with E-state index in [9.17, 15) is 9.00 Å². The zero-order chi connectivity index (χ0) is 16.9. The maximum absolute atomic E-state index is 12.2. The van der Waals surface area contributed by atoms with Crippen molar-refractivity contribution in [2.75, 3.05) is 19.4 Å². The van der Waals surface area contributed by atoms with Gasteiger partial charge in [-0.1, -0.05) is 18.7 Å². The third kappa shape index (κ3) is 5.01. The van der Waals surface area contributed by atoms with Crippen molar-refractivity contribution in [3.05, 3.63) is 42.5 Å². The van der Waals surface area contributed by atoms with Crippen LogP contribution in [-0.4, -0.2) is 40.0 Å². The van der Waals surface area contributed by atoms with E-state index < -0.39 is 10.8 Å². The predicted octanol–water partition coefficient (Wildman–Crippen LogP) is 2.90. The minimum atomic E-state index is -0.989. The van der Waals surface area contributed by atoms with Crippen molar-refractivity contribution in [2.24, 2.45) is 0 Å². The van der Waals surface area contributed by atoms with Gasteiger partial charge >= 0.3 is 0 Å². The van der Waals surface area contributed by atoms with Crippen LogP contribution in [0, 0.1) is 0 Å². The number of ether oxygens (including phenoxy) is 1. The summed E-state index contributed by atoms with van der Waals surface area (Å²) in [6, 6.07) is 7.54. The van der Waals surface area contributed by atoms with Crippen LogP contribution in [-0.2, 0) is 26.9 Å². The van der Waals surface area contributed by atoms with Gasteiger partial charge in [-0.15, -0.1) is 0 Å². The van der Waals surface area contributed by atoms with Crippen molar-refractivity contribution in [1.82, 2.24) is 4.90 Å². The van der Waals surface area contributed by atoms with Crippen molar-refractivity contribution in [3.8, 4) is 0 Å². The molecule has 1 amide bonds. The van der Waals surface area contributed by atoms with Crippen molar-refractivity contribution in [1.29, 1.82) is 0 Å². The number of nitrogens with zero attached hydrogens (tertiary/aromatic N) is 1. The van der Waals surface area contributed by atoms with Gasteiger partial charge in [0, 0.05) is 35.1 Å². The maximum atomic E-state index is 12.2. The summed E-state index contributed by atoms with van der Waals surface area (Å²) in [5, 5.41) is 0. The summed E-state index contributed by atoms with van der Waals surface area (Å²) < 4.78 is 17.4. The molecule has 126 valence electrons. The van der Waals surface area contributed by atoms with Gasteiger partial charge in [0.2, 0.25) is 5.91 Å². The van der Waals surface area contributed by atoms with E-state index >= 15 is 0 Å². The fourth-order valence-corrected chi connectivity index (χ4v) is 3.39. The van der Waals surface area contributed by atoms with E-state index in [1.54, 1.807) is 11.2 Å². The molecule has 23 heavy (non-hydrogen) atoms. The Kier molecular flexibility index (Phi) is 6.13. The maximum Gasteiger partial charge on any atom is 0.246 e. The van der Waals surface area contributed by atoms with Gasteiger partial charge in [-0.3, -0.25) is 9.00 Å². The zero-order valence-corrected chi connectivity index (χ0v) is 14.7. The highest BCUT2D eigenvalue weighted by Gasteiger charge is 2.31. The molecule has 0 bridgehead atoms. The van der Waals surface area contributed by atoms with Crippen molar-refractivity contribution in [2.45, 2.75) is 43.2 Å². The molecule has 1 heterocycles. The molecule has 2 atom stereocenters. The van der Waals surface area contributed by atoms with Crippen LogP contribution in [0.3, 0.4) is 0 Å².